The van der Waals surface area contributed by atoms with Crippen LogP contribution in [0.25, 0.3) is 5.52 Å². The van der Waals surface area contributed by atoms with Gasteiger partial charge in [0.05, 0.1) is 18.0 Å². The van der Waals surface area contributed by atoms with Crippen molar-refractivity contribution in [3.63, 3.8) is 0 Å². The van der Waals surface area contributed by atoms with Gasteiger partial charge in [-0.25, -0.2) is 9.50 Å². The molecule has 4 aromatic heterocycles. The zero-order valence-electron chi connectivity index (χ0n) is 19.0. The molecule has 1 saturated heterocycles. The van der Waals surface area contributed by atoms with Crippen LogP contribution in [0.15, 0.2) is 42.7 Å². The first kappa shape index (κ1) is 21.5. The molecule has 0 unspecified atom stereocenters. The number of nitrogens with one attached hydrogen (secondary N) is 3. The molecule has 35 heavy (non-hydrogen) atoms. The molecule has 5 heterocycles. The summed E-state index contributed by atoms with van der Waals surface area (Å²) >= 11 is 0. The van der Waals surface area contributed by atoms with Gasteiger partial charge in [-0.15, -0.1) is 5.10 Å². The molecular formula is C23H24FN9O2. The summed E-state index contributed by atoms with van der Waals surface area (Å²) in [6, 6.07) is 7.88. The van der Waals surface area contributed by atoms with Crippen LogP contribution in [0.5, 0.6) is 0 Å². The molecule has 1 saturated carbocycles. The van der Waals surface area contributed by atoms with Crippen LogP contribution in [-0.4, -0.2) is 61.5 Å². The van der Waals surface area contributed by atoms with Gasteiger partial charge in [0.15, 0.2) is 11.6 Å². The lowest BCUT2D eigenvalue weighted by Crippen LogP contribution is -2.41. The van der Waals surface area contributed by atoms with Crippen molar-refractivity contribution in [3.05, 3.63) is 54.4 Å². The number of anilines is 4. The van der Waals surface area contributed by atoms with Crippen LogP contribution in [0, 0.1) is 5.95 Å². The molecule has 0 aromatic carbocycles. The van der Waals surface area contributed by atoms with E-state index < -0.39 is 12.0 Å². The smallest absolute Gasteiger partial charge is 0.247 e. The average Bonchev–Trinajstić information content (AvgIpc) is 3.24. The maximum Gasteiger partial charge on any atom is 0.247 e. The molecule has 6 rings (SSSR count). The Bertz CT molecular complexity index is 1370. The minimum Gasteiger partial charge on any atom is -0.380 e. The number of hydrogen-bond donors (Lipinski definition) is 3. The van der Waals surface area contributed by atoms with Crippen LogP contribution >= 0.6 is 0 Å². The van der Waals surface area contributed by atoms with Gasteiger partial charge >= 0.3 is 0 Å². The van der Waals surface area contributed by atoms with Crippen molar-refractivity contribution in [2.24, 2.45) is 0 Å². The van der Waals surface area contributed by atoms with Gasteiger partial charge in [0.1, 0.15) is 11.6 Å². The van der Waals surface area contributed by atoms with Crippen LogP contribution in [0.4, 0.5) is 27.7 Å². The molecule has 0 radical (unpaired) electrons. The van der Waals surface area contributed by atoms with Gasteiger partial charge in [-0.2, -0.15) is 14.5 Å². The number of H-pyrrole nitrogens is 1. The van der Waals surface area contributed by atoms with Crippen molar-refractivity contribution < 1.29 is 13.9 Å². The highest BCUT2D eigenvalue weighted by Crippen LogP contribution is 2.39. The topological polar surface area (TPSA) is 125 Å². The lowest BCUT2D eigenvalue weighted by molar-refractivity contribution is -0.117. The number of methoxy groups -OCH3 is 1. The van der Waals surface area contributed by atoms with E-state index >= 15 is 0 Å². The summed E-state index contributed by atoms with van der Waals surface area (Å²) in [4.78, 5) is 23.4. The standard InChI is InChI=1S/C23H24FN9O2/c1-35-15-9-18(22(34)26-14-6-7-19(24)25-11-14)32(12-15)23-28-21(17-3-2-8-33(17)31-23)27-20-10-16(29-30-20)13-4-5-13/h2-3,6-8,10-11,13,15,18H,4-5,9,12H2,1H3,(H,26,34)(H2,27,28,29,30,31)/t15-,18+/m1/s1. The zero-order valence-corrected chi connectivity index (χ0v) is 19.0. The van der Waals surface area contributed by atoms with Crippen LogP contribution in [0.2, 0.25) is 0 Å². The fraction of sp³-hybridized carbons (Fsp3) is 0.348. The predicted molar refractivity (Wildman–Crippen MR) is 126 cm³/mol. The minimum absolute atomic E-state index is 0.176. The lowest BCUT2D eigenvalue weighted by atomic mass is 10.2. The van der Waals surface area contributed by atoms with E-state index in [2.05, 4.69) is 30.9 Å². The van der Waals surface area contributed by atoms with E-state index in [4.69, 9.17) is 9.72 Å². The summed E-state index contributed by atoms with van der Waals surface area (Å²) in [6.07, 6.45) is 5.74. The fourth-order valence-corrected chi connectivity index (χ4v) is 4.38. The quantitative estimate of drug-likeness (QED) is 0.347. The third kappa shape index (κ3) is 4.28. The average molecular weight is 478 g/mol. The minimum atomic E-state index is -0.612. The maximum atomic E-state index is 13.2. The van der Waals surface area contributed by atoms with E-state index in [1.807, 2.05) is 29.3 Å². The zero-order chi connectivity index (χ0) is 23.9. The molecule has 2 aliphatic rings. The molecule has 1 aliphatic carbocycles. The Hall–Kier alpha value is -4.06. The molecule has 2 atom stereocenters. The highest BCUT2D eigenvalue weighted by atomic mass is 19.1. The summed E-state index contributed by atoms with van der Waals surface area (Å²) in [6.45, 7) is 0.441. The van der Waals surface area contributed by atoms with Crippen molar-refractivity contribution in [1.82, 2.24) is 29.8 Å². The highest BCUT2D eigenvalue weighted by molar-refractivity contribution is 5.97. The molecule has 4 aromatic rings. The molecule has 180 valence electrons. The number of fused-ring (bicyclic) bond motifs is 1. The van der Waals surface area contributed by atoms with E-state index in [0.717, 1.165) is 11.2 Å². The monoisotopic (exact) mass is 477 g/mol. The van der Waals surface area contributed by atoms with E-state index in [1.165, 1.54) is 31.2 Å². The molecule has 1 amide bonds. The van der Waals surface area contributed by atoms with Crippen LogP contribution in [0.3, 0.4) is 0 Å². The van der Waals surface area contributed by atoms with Crippen molar-refractivity contribution in [3.8, 4) is 0 Å². The van der Waals surface area contributed by atoms with Gasteiger partial charge < -0.3 is 20.3 Å². The Balaban J connectivity index is 1.30. The second kappa shape index (κ2) is 8.62. The molecule has 0 spiro atoms. The van der Waals surface area contributed by atoms with E-state index in [9.17, 15) is 9.18 Å². The molecule has 0 bridgehead atoms. The number of pyridine rings is 1. The molecule has 12 heteroatoms. The number of carbonyl (C=O) groups excluding carboxylic acids is 1. The number of amides is 1. The Morgan fingerprint density at radius 1 is 1.29 bits per heavy atom. The lowest BCUT2D eigenvalue weighted by Gasteiger charge is -2.24. The first-order chi connectivity index (χ1) is 17.1. The van der Waals surface area contributed by atoms with E-state index in [1.54, 1.807) is 11.6 Å². The number of hydrogen-bond acceptors (Lipinski definition) is 8. The maximum absolute atomic E-state index is 13.2. The number of ether oxygens (including phenoxy) is 1. The number of halogens is 1. The summed E-state index contributed by atoms with van der Waals surface area (Å²) in [7, 11) is 1.62. The molecule has 11 nitrogen and oxygen atoms in total. The Morgan fingerprint density at radius 2 is 2.17 bits per heavy atom. The second-order valence-electron chi connectivity index (χ2n) is 8.83. The fourth-order valence-electron chi connectivity index (χ4n) is 4.38. The summed E-state index contributed by atoms with van der Waals surface area (Å²) in [5.74, 6) is 1.31. The van der Waals surface area contributed by atoms with Crippen LogP contribution in [0.1, 0.15) is 30.9 Å². The molecule has 1 aliphatic heterocycles. The normalized spacial score (nSPS) is 19.9. The van der Waals surface area contributed by atoms with Crippen LogP contribution in [-0.2, 0) is 9.53 Å². The SMILES string of the molecule is CO[C@@H]1C[C@@H](C(=O)Nc2ccc(F)nc2)N(c2nc(Nc3cc(C4CC4)[nH]n3)c3cccn3n2)C1. The van der Waals surface area contributed by atoms with Crippen molar-refractivity contribution in [2.45, 2.75) is 37.3 Å². The summed E-state index contributed by atoms with van der Waals surface area (Å²) in [5.41, 5.74) is 2.31. The Kier molecular flexibility index (Phi) is 5.29. The van der Waals surface area contributed by atoms with Gasteiger partial charge in [-0.3, -0.25) is 9.89 Å². The van der Waals surface area contributed by atoms with E-state index in [0.29, 0.717) is 42.2 Å². The number of nitrogens with zero attached hydrogens (tertiary/aromatic N) is 6. The first-order valence-electron chi connectivity index (χ1n) is 11.5. The van der Waals surface area contributed by atoms with Gasteiger partial charge in [0.25, 0.3) is 0 Å². The third-order valence-electron chi connectivity index (χ3n) is 6.39. The largest absolute Gasteiger partial charge is 0.380 e. The summed E-state index contributed by atoms with van der Waals surface area (Å²) < 4.78 is 20.4. The number of aromatic amines is 1. The Morgan fingerprint density at radius 3 is 2.94 bits per heavy atom. The number of carbonyl (C=O) groups is 1. The predicted octanol–water partition coefficient (Wildman–Crippen LogP) is 2.84. The second-order valence-corrected chi connectivity index (χ2v) is 8.83. The highest BCUT2D eigenvalue weighted by Gasteiger charge is 2.39. The van der Waals surface area contributed by atoms with Gasteiger partial charge in [0, 0.05) is 44.0 Å². The first-order valence-corrected chi connectivity index (χ1v) is 11.5. The number of aromatic nitrogens is 6. The third-order valence-corrected chi connectivity index (χ3v) is 6.39. The molecule has 3 N–H and O–H groups in total. The van der Waals surface area contributed by atoms with Gasteiger partial charge in [0.2, 0.25) is 17.8 Å². The van der Waals surface area contributed by atoms with Gasteiger partial charge in [-0.05, 0) is 37.1 Å². The number of rotatable bonds is 7. The van der Waals surface area contributed by atoms with Crippen molar-refractivity contribution >= 4 is 34.7 Å². The summed E-state index contributed by atoms with van der Waals surface area (Å²) in [5, 5.41) is 18.2. The van der Waals surface area contributed by atoms with E-state index in [-0.39, 0.29) is 12.0 Å². The van der Waals surface area contributed by atoms with Crippen LogP contribution < -0.4 is 15.5 Å². The van der Waals surface area contributed by atoms with Crippen molar-refractivity contribution in [1.29, 1.82) is 0 Å². The Labute approximate surface area is 199 Å². The van der Waals surface area contributed by atoms with Crippen molar-refractivity contribution in [2.75, 3.05) is 29.2 Å². The molecule has 2 fully saturated rings. The van der Waals surface area contributed by atoms with Gasteiger partial charge in [-0.1, -0.05) is 0 Å². The molecular weight excluding hydrogens is 453 g/mol.